The van der Waals surface area contributed by atoms with Crippen molar-refractivity contribution in [3.05, 3.63) is 66.0 Å². The molecule has 0 bridgehead atoms. The fourth-order valence-electron chi connectivity index (χ4n) is 2.37. The lowest BCUT2D eigenvalue weighted by molar-refractivity contribution is 0.0955. The molecule has 3 rings (SSSR count). The van der Waals surface area contributed by atoms with Gasteiger partial charge < -0.3 is 10.0 Å². The van der Waals surface area contributed by atoms with Crippen LogP contribution in [0.25, 0.3) is 5.69 Å². The van der Waals surface area contributed by atoms with E-state index in [1.54, 1.807) is 30.5 Å². The molecule has 0 aliphatic heterocycles. The van der Waals surface area contributed by atoms with Gasteiger partial charge in [0.25, 0.3) is 5.91 Å². The van der Waals surface area contributed by atoms with Gasteiger partial charge in [-0.25, -0.2) is 10.1 Å². The number of rotatable bonds is 7. The van der Waals surface area contributed by atoms with Crippen molar-refractivity contribution in [3.8, 4) is 5.69 Å². The summed E-state index contributed by atoms with van der Waals surface area (Å²) in [7, 11) is 1.91. The van der Waals surface area contributed by atoms with Crippen LogP contribution in [0.4, 0.5) is 5.69 Å². The molecule has 3 aromatic rings. The molecule has 0 spiro atoms. The lowest BCUT2D eigenvalue weighted by Gasteiger charge is -2.17. The molecule has 0 saturated carbocycles. The van der Waals surface area contributed by atoms with Gasteiger partial charge in [-0.3, -0.25) is 4.79 Å². The molecule has 9 nitrogen and oxygen atoms in total. The van der Waals surface area contributed by atoms with Crippen LogP contribution in [0.15, 0.2) is 60.0 Å². The molecule has 0 unspecified atom stereocenters. The largest absolute Gasteiger partial charge is 0.395 e. The molecule has 1 heterocycles. The quantitative estimate of drug-likeness (QED) is 0.475. The Labute approximate surface area is 155 Å². The number of amides is 1. The average Bonchev–Trinajstić information content (AvgIpc) is 3.23. The lowest BCUT2D eigenvalue weighted by Crippen LogP contribution is -2.20. The highest BCUT2D eigenvalue weighted by atomic mass is 16.3. The van der Waals surface area contributed by atoms with Crippen molar-refractivity contribution in [2.75, 3.05) is 25.1 Å². The molecule has 0 aliphatic carbocycles. The van der Waals surface area contributed by atoms with Gasteiger partial charge >= 0.3 is 0 Å². The number of hydrogen-bond acceptors (Lipinski definition) is 7. The van der Waals surface area contributed by atoms with Gasteiger partial charge in [0.1, 0.15) is 6.33 Å². The smallest absolute Gasteiger partial charge is 0.271 e. The molecule has 0 fully saturated rings. The maximum absolute atomic E-state index is 12.1. The van der Waals surface area contributed by atoms with Crippen molar-refractivity contribution < 1.29 is 9.90 Å². The molecule has 1 aromatic heterocycles. The molecule has 1 amide bonds. The maximum atomic E-state index is 12.1. The number of carbonyl (C=O) groups excluding carboxylic acids is 1. The number of hydrogen-bond donors (Lipinski definition) is 2. The van der Waals surface area contributed by atoms with E-state index in [1.807, 2.05) is 36.2 Å². The Morgan fingerprint density at radius 1 is 1.22 bits per heavy atom. The van der Waals surface area contributed by atoms with Gasteiger partial charge in [-0.2, -0.15) is 5.10 Å². The van der Waals surface area contributed by atoms with E-state index in [-0.39, 0.29) is 12.5 Å². The van der Waals surface area contributed by atoms with Crippen LogP contribution in [0.5, 0.6) is 0 Å². The highest BCUT2D eigenvalue weighted by Crippen LogP contribution is 2.12. The Morgan fingerprint density at radius 2 is 1.96 bits per heavy atom. The van der Waals surface area contributed by atoms with E-state index < -0.39 is 0 Å². The van der Waals surface area contributed by atoms with Gasteiger partial charge in [-0.1, -0.05) is 12.1 Å². The number of anilines is 1. The highest BCUT2D eigenvalue weighted by Gasteiger charge is 2.05. The van der Waals surface area contributed by atoms with Crippen LogP contribution >= 0.6 is 0 Å². The summed E-state index contributed by atoms with van der Waals surface area (Å²) in [6, 6.07) is 14.5. The van der Waals surface area contributed by atoms with Crippen LogP contribution in [0.1, 0.15) is 15.9 Å². The van der Waals surface area contributed by atoms with E-state index in [9.17, 15) is 4.79 Å². The fourth-order valence-corrected chi connectivity index (χ4v) is 2.37. The Hall–Kier alpha value is -3.59. The van der Waals surface area contributed by atoms with Crippen LogP contribution in [0.2, 0.25) is 0 Å². The van der Waals surface area contributed by atoms with Gasteiger partial charge in [0.05, 0.1) is 18.5 Å². The molecular formula is C18H19N7O2. The van der Waals surface area contributed by atoms with E-state index in [2.05, 4.69) is 26.1 Å². The second kappa shape index (κ2) is 8.68. The van der Waals surface area contributed by atoms with Crippen molar-refractivity contribution >= 4 is 17.8 Å². The van der Waals surface area contributed by atoms with Crippen molar-refractivity contribution in [2.45, 2.75) is 0 Å². The predicted octanol–water partition coefficient (Wildman–Crippen LogP) is 0.855. The third kappa shape index (κ3) is 4.73. The standard InChI is InChI=1S/C18H19N7O2/c1-24(10-11-26)16-6-2-14(3-7-16)12-19-21-18(27)15-4-8-17(9-5-15)25-13-20-22-23-25/h2-9,12-13,26H,10-11H2,1H3,(H,21,27)/b19-12+. The third-order valence-electron chi connectivity index (χ3n) is 3.89. The SMILES string of the molecule is CN(CCO)c1ccc(/C=N/NC(=O)c2ccc(-n3cnnn3)cc2)cc1. The minimum absolute atomic E-state index is 0.0996. The monoisotopic (exact) mass is 365 g/mol. The summed E-state index contributed by atoms with van der Waals surface area (Å²) in [6.07, 6.45) is 3.05. The number of likely N-dealkylation sites (N-methyl/N-ethyl adjacent to an activating group) is 1. The molecule has 0 aliphatic rings. The zero-order valence-corrected chi connectivity index (χ0v) is 14.7. The number of tetrazole rings is 1. The number of aliphatic hydroxyl groups is 1. The molecule has 0 saturated heterocycles. The number of benzene rings is 2. The molecule has 138 valence electrons. The third-order valence-corrected chi connectivity index (χ3v) is 3.89. The van der Waals surface area contributed by atoms with E-state index >= 15 is 0 Å². The van der Waals surface area contributed by atoms with E-state index in [4.69, 9.17) is 5.11 Å². The van der Waals surface area contributed by atoms with Gasteiger partial charge in [-0.15, -0.1) is 5.10 Å². The number of hydrazone groups is 1. The van der Waals surface area contributed by atoms with Crippen molar-refractivity contribution in [3.63, 3.8) is 0 Å². The van der Waals surface area contributed by atoms with Gasteiger partial charge in [0.15, 0.2) is 0 Å². The minimum atomic E-state index is -0.311. The first-order valence-corrected chi connectivity index (χ1v) is 8.26. The number of aromatic nitrogens is 4. The Kier molecular flexibility index (Phi) is 5.85. The summed E-state index contributed by atoms with van der Waals surface area (Å²) < 4.78 is 1.50. The maximum Gasteiger partial charge on any atom is 0.271 e. The summed E-state index contributed by atoms with van der Waals surface area (Å²) in [4.78, 5) is 14.1. The molecule has 27 heavy (non-hydrogen) atoms. The number of nitrogens with one attached hydrogen (secondary N) is 1. The van der Waals surface area contributed by atoms with E-state index in [1.165, 1.54) is 11.0 Å². The van der Waals surface area contributed by atoms with Gasteiger partial charge in [0, 0.05) is 24.8 Å². The zero-order chi connectivity index (χ0) is 19.1. The summed E-state index contributed by atoms with van der Waals surface area (Å²) in [5.74, 6) is -0.311. The highest BCUT2D eigenvalue weighted by molar-refractivity contribution is 5.95. The Bertz CT molecular complexity index is 890. The van der Waals surface area contributed by atoms with Crippen molar-refractivity contribution in [1.82, 2.24) is 25.6 Å². The van der Waals surface area contributed by atoms with Crippen LogP contribution in [0.3, 0.4) is 0 Å². The predicted molar refractivity (Wildman–Crippen MR) is 101 cm³/mol. The minimum Gasteiger partial charge on any atom is -0.395 e. The second-order valence-corrected chi connectivity index (χ2v) is 5.74. The first-order chi connectivity index (χ1) is 13.2. The normalized spacial score (nSPS) is 10.9. The van der Waals surface area contributed by atoms with Crippen LogP contribution in [0, 0.1) is 0 Å². The van der Waals surface area contributed by atoms with Gasteiger partial charge in [0.2, 0.25) is 0 Å². The van der Waals surface area contributed by atoms with E-state index in [0.29, 0.717) is 12.1 Å². The number of carbonyl (C=O) groups is 1. The number of nitrogens with zero attached hydrogens (tertiary/aromatic N) is 6. The molecular weight excluding hydrogens is 346 g/mol. The lowest BCUT2D eigenvalue weighted by atomic mass is 10.2. The first-order valence-electron chi connectivity index (χ1n) is 8.26. The molecule has 2 aromatic carbocycles. The van der Waals surface area contributed by atoms with Crippen molar-refractivity contribution in [2.24, 2.45) is 5.10 Å². The van der Waals surface area contributed by atoms with Crippen molar-refractivity contribution in [1.29, 1.82) is 0 Å². The summed E-state index contributed by atoms with van der Waals surface area (Å²) in [5.41, 5.74) is 5.58. The first kappa shape index (κ1) is 18.2. The van der Waals surface area contributed by atoms with Crippen LogP contribution in [-0.2, 0) is 0 Å². The van der Waals surface area contributed by atoms with Crippen LogP contribution < -0.4 is 10.3 Å². The summed E-state index contributed by atoms with van der Waals surface area (Å²) >= 11 is 0. The molecule has 2 N–H and O–H groups in total. The summed E-state index contributed by atoms with van der Waals surface area (Å²) in [5, 5.41) is 23.9. The molecule has 0 radical (unpaired) electrons. The van der Waals surface area contributed by atoms with Crippen LogP contribution in [-0.4, -0.2) is 57.6 Å². The Morgan fingerprint density at radius 3 is 2.59 bits per heavy atom. The number of aliphatic hydroxyl groups excluding tert-OH is 1. The average molecular weight is 365 g/mol. The fraction of sp³-hybridized carbons (Fsp3) is 0.167. The van der Waals surface area contributed by atoms with Gasteiger partial charge in [-0.05, 0) is 52.4 Å². The van der Waals surface area contributed by atoms with E-state index in [0.717, 1.165) is 16.9 Å². The molecule has 0 atom stereocenters. The second-order valence-electron chi connectivity index (χ2n) is 5.74. The zero-order valence-electron chi connectivity index (χ0n) is 14.7. The Balaban J connectivity index is 1.57. The summed E-state index contributed by atoms with van der Waals surface area (Å²) in [6.45, 7) is 0.665. The molecule has 9 heteroatoms. The topological polar surface area (TPSA) is 109 Å².